The average molecular weight is 516 g/mol. The van der Waals surface area contributed by atoms with E-state index in [0.29, 0.717) is 47.0 Å². The van der Waals surface area contributed by atoms with Crippen molar-refractivity contribution < 1.29 is 27.5 Å². The van der Waals surface area contributed by atoms with E-state index in [0.717, 1.165) is 37.8 Å². The minimum absolute atomic E-state index is 0.00997. The van der Waals surface area contributed by atoms with Gasteiger partial charge in [0.1, 0.15) is 23.3 Å². The summed E-state index contributed by atoms with van der Waals surface area (Å²) in [6, 6.07) is 3.25. The van der Waals surface area contributed by atoms with Crippen molar-refractivity contribution in [3.05, 3.63) is 41.3 Å². The summed E-state index contributed by atoms with van der Waals surface area (Å²) in [4.78, 5) is 36.3. The Balaban J connectivity index is 1.48. The van der Waals surface area contributed by atoms with Gasteiger partial charge in [0.05, 0.1) is 23.3 Å². The molecule has 5 rings (SSSR count). The number of carbonyl (C=O) groups is 2. The molecule has 196 valence electrons. The highest BCUT2D eigenvalue weighted by Crippen LogP contribution is 2.40. The average Bonchev–Trinajstić information content (AvgIpc) is 3.46. The molecule has 8 nitrogen and oxygen atoms in total. The van der Waals surface area contributed by atoms with E-state index in [1.165, 1.54) is 19.3 Å². The zero-order chi connectivity index (χ0) is 26.3. The Kier molecular flexibility index (Phi) is 6.55. The molecule has 0 radical (unpaired) electrons. The molecule has 0 bridgehead atoms. The number of ether oxygens (including phenoxy) is 1. The third-order valence-electron chi connectivity index (χ3n) is 6.91. The molecule has 2 aliphatic carbocycles. The molecule has 3 aromatic rings. The van der Waals surface area contributed by atoms with Gasteiger partial charge in [-0.05, 0) is 63.1 Å². The van der Waals surface area contributed by atoms with Gasteiger partial charge in [-0.3, -0.25) is 9.59 Å². The van der Waals surface area contributed by atoms with Crippen molar-refractivity contribution in [3.8, 4) is 17.0 Å². The zero-order valence-corrected chi connectivity index (χ0v) is 20.5. The zero-order valence-electron chi connectivity index (χ0n) is 20.5. The molecule has 3 N–H and O–H groups in total. The number of rotatable bonds is 7. The highest BCUT2D eigenvalue weighted by Gasteiger charge is 2.33. The van der Waals surface area contributed by atoms with E-state index < -0.39 is 11.7 Å². The summed E-state index contributed by atoms with van der Waals surface area (Å²) >= 11 is 0. The summed E-state index contributed by atoms with van der Waals surface area (Å²) in [5, 5.41) is 5.89. The fourth-order valence-electron chi connectivity index (χ4n) is 4.90. The number of carbonyl (C=O) groups excluding carboxylic acids is 2. The van der Waals surface area contributed by atoms with Gasteiger partial charge in [-0.25, -0.2) is 9.97 Å². The molecule has 2 aliphatic rings. The number of halogens is 3. The molecule has 37 heavy (non-hydrogen) atoms. The van der Waals surface area contributed by atoms with Crippen LogP contribution in [-0.2, 0) is 11.0 Å². The lowest BCUT2D eigenvalue weighted by atomic mass is 10.0. The maximum atomic E-state index is 13.6. The van der Waals surface area contributed by atoms with Crippen LogP contribution < -0.4 is 15.4 Å². The van der Waals surface area contributed by atoms with Crippen molar-refractivity contribution in [1.29, 1.82) is 0 Å². The van der Waals surface area contributed by atoms with E-state index in [1.54, 1.807) is 6.92 Å². The number of alkyl halides is 3. The first-order valence-electron chi connectivity index (χ1n) is 12.4. The number of H-pyrrole nitrogens is 1. The minimum Gasteiger partial charge on any atom is -0.493 e. The molecule has 2 amide bonds. The van der Waals surface area contributed by atoms with E-state index in [9.17, 15) is 22.8 Å². The number of nitrogens with zero attached hydrogens (tertiary/aromatic N) is 2. The van der Waals surface area contributed by atoms with Crippen LogP contribution in [0.1, 0.15) is 60.6 Å². The van der Waals surface area contributed by atoms with E-state index in [1.807, 2.05) is 0 Å². The molecule has 2 atom stereocenters. The van der Waals surface area contributed by atoms with Gasteiger partial charge in [0.2, 0.25) is 5.91 Å². The number of nitrogens with one attached hydrogen (secondary N) is 3. The van der Waals surface area contributed by atoms with E-state index in [2.05, 4.69) is 25.6 Å². The van der Waals surface area contributed by atoms with Gasteiger partial charge in [-0.2, -0.15) is 13.2 Å². The van der Waals surface area contributed by atoms with Crippen LogP contribution in [0.25, 0.3) is 22.3 Å². The fourth-order valence-corrected chi connectivity index (χ4v) is 4.90. The van der Waals surface area contributed by atoms with Gasteiger partial charge in [0, 0.05) is 30.3 Å². The molecule has 1 aromatic carbocycles. The van der Waals surface area contributed by atoms with Crippen LogP contribution in [-0.4, -0.2) is 45.5 Å². The number of aromatic amines is 1. The fraction of sp³-hybridized carbons (Fsp3) is 0.462. The first-order valence-corrected chi connectivity index (χ1v) is 12.4. The number of hydrogen-bond acceptors (Lipinski definition) is 5. The van der Waals surface area contributed by atoms with Crippen LogP contribution in [0.3, 0.4) is 0 Å². The molecule has 11 heteroatoms. The first kappa shape index (κ1) is 25.0. The van der Waals surface area contributed by atoms with Crippen molar-refractivity contribution in [2.75, 3.05) is 6.61 Å². The minimum atomic E-state index is -4.54. The second kappa shape index (κ2) is 9.68. The summed E-state index contributed by atoms with van der Waals surface area (Å²) in [7, 11) is 0. The molecule has 0 spiro atoms. The Morgan fingerprint density at radius 1 is 1.11 bits per heavy atom. The summed E-state index contributed by atoms with van der Waals surface area (Å²) < 4.78 is 46.6. The molecule has 2 fully saturated rings. The van der Waals surface area contributed by atoms with Gasteiger partial charge < -0.3 is 20.4 Å². The second-order valence-electron chi connectivity index (χ2n) is 9.91. The van der Waals surface area contributed by atoms with Crippen molar-refractivity contribution in [3.63, 3.8) is 0 Å². The normalized spacial score (nSPS) is 19.7. The quantitative estimate of drug-likeness (QED) is 0.429. The number of fused-ring (bicyclic) bond motifs is 1. The van der Waals surface area contributed by atoms with E-state index in [4.69, 9.17) is 4.74 Å². The van der Waals surface area contributed by atoms with Crippen molar-refractivity contribution in [2.45, 2.75) is 64.2 Å². The third kappa shape index (κ3) is 5.40. The molecular formula is C26H28F3N5O3. The number of aromatic nitrogens is 3. The summed E-state index contributed by atoms with van der Waals surface area (Å²) in [5.74, 6) is 0.262. The first-order chi connectivity index (χ1) is 17.6. The van der Waals surface area contributed by atoms with Gasteiger partial charge in [-0.15, -0.1) is 0 Å². The van der Waals surface area contributed by atoms with Crippen LogP contribution in [0.4, 0.5) is 13.2 Å². The van der Waals surface area contributed by atoms with Crippen LogP contribution in [0.5, 0.6) is 5.75 Å². The third-order valence-corrected chi connectivity index (χ3v) is 6.91. The lowest BCUT2D eigenvalue weighted by Gasteiger charge is -2.15. The summed E-state index contributed by atoms with van der Waals surface area (Å²) in [6.07, 6.45) is 0.896. The Morgan fingerprint density at radius 2 is 1.84 bits per heavy atom. The molecular weight excluding hydrogens is 487 g/mol. The molecule has 0 unspecified atom stereocenters. The smallest absolute Gasteiger partial charge is 0.416 e. The maximum Gasteiger partial charge on any atom is 0.416 e. The number of amides is 2. The Bertz CT molecular complexity index is 1350. The second-order valence-corrected chi connectivity index (χ2v) is 9.91. The molecule has 2 heterocycles. The topological polar surface area (TPSA) is 109 Å². The Labute approximate surface area is 211 Å². The van der Waals surface area contributed by atoms with E-state index in [-0.39, 0.29) is 35.2 Å². The van der Waals surface area contributed by atoms with Crippen LogP contribution in [0.15, 0.2) is 24.5 Å². The SMILES string of the molecule is CC(=O)N[C@@H]1CC[C@H](NC(=O)c2c(C)[nH]c3c(-c4cc(C(F)(F)F)ccc4OCC4CC4)ncnc23)C1. The van der Waals surface area contributed by atoms with Crippen molar-refractivity contribution in [1.82, 2.24) is 25.6 Å². The lowest BCUT2D eigenvalue weighted by molar-refractivity contribution is -0.137. The number of hydrogen-bond donors (Lipinski definition) is 3. The van der Waals surface area contributed by atoms with E-state index >= 15 is 0 Å². The Morgan fingerprint density at radius 3 is 2.51 bits per heavy atom. The summed E-state index contributed by atoms with van der Waals surface area (Å²) in [5.41, 5.74) is 1.13. The Hall–Kier alpha value is -3.63. The lowest BCUT2D eigenvalue weighted by Crippen LogP contribution is -2.36. The van der Waals surface area contributed by atoms with Gasteiger partial charge >= 0.3 is 6.18 Å². The molecule has 2 saturated carbocycles. The van der Waals surface area contributed by atoms with Crippen molar-refractivity contribution in [2.24, 2.45) is 5.92 Å². The monoisotopic (exact) mass is 515 g/mol. The highest BCUT2D eigenvalue weighted by atomic mass is 19.4. The van der Waals surface area contributed by atoms with Crippen LogP contribution >= 0.6 is 0 Å². The summed E-state index contributed by atoms with van der Waals surface area (Å²) in [6.45, 7) is 3.60. The van der Waals surface area contributed by atoms with Gasteiger partial charge in [0.25, 0.3) is 5.91 Å². The number of benzene rings is 1. The largest absolute Gasteiger partial charge is 0.493 e. The standard InChI is InChI=1S/C26H28F3N5O3/c1-13-21(25(36)34-18-7-6-17(10-18)33-14(2)35)23-24(32-13)22(30-12-31-23)19-9-16(26(27,28)29)5-8-20(19)37-11-15-3-4-15/h5,8-9,12,15,17-18,32H,3-4,6-7,10-11H2,1-2H3,(H,33,35)(H,34,36)/t17-,18+/m1/s1. The predicted octanol–water partition coefficient (Wildman–Crippen LogP) is 4.53. The van der Waals surface area contributed by atoms with Crippen LogP contribution in [0.2, 0.25) is 0 Å². The predicted molar refractivity (Wildman–Crippen MR) is 130 cm³/mol. The molecule has 2 aromatic heterocycles. The molecule has 0 saturated heterocycles. The van der Waals surface area contributed by atoms with Crippen molar-refractivity contribution >= 4 is 22.8 Å². The highest BCUT2D eigenvalue weighted by molar-refractivity contribution is 6.09. The van der Waals surface area contributed by atoms with Gasteiger partial charge in [0.15, 0.2) is 0 Å². The molecule has 0 aliphatic heterocycles. The number of aryl methyl sites for hydroxylation is 1. The van der Waals surface area contributed by atoms with Crippen LogP contribution in [0, 0.1) is 12.8 Å². The maximum absolute atomic E-state index is 13.6. The van der Waals surface area contributed by atoms with Gasteiger partial charge in [-0.1, -0.05) is 0 Å².